The van der Waals surface area contributed by atoms with E-state index in [2.05, 4.69) is 10.6 Å². The summed E-state index contributed by atoms with van der Waals surface area (Å²) in [7, 11) is 0. The SMILES string of the molecule is CCN(CC)C(=O)CCNC(=O)C1CC(O)CN1. The molecule has 0 bridgehead atoms. The number of amides is 2. The maximum absolute atomic E-state index is 11.7. The number of carbonyl (C=O) groups is 2. The average molecular weight is 257 g/mol. The van der Waals surface area contributed by atoms with E-state index in [-0.39, 0.29) is 17.9 Å². The van der Waals surface area contributed by atoms with E-state index < -0.39 is 6.10 Å². The molecule has 2 amide bonds. The average Bonchev–Trinajstić information content (AvgIpc) is 2.77. The minimum absolute atomic E-state index is 0.0553. The van der Waals surface area contributed by atoms with Crippen LogP contribution < -0.4 is 10.6 Å². The molecule has 1 fully saturated rings. The Morgan fingerprint density at radius 1 is 1.39 bits per heavy atom. The molecule has 1 saturated heterocycles. The highest BCUT2D eigenvalue weighted by molar-refractivity contribution is 5.83. The summed E-state index contributed by atoms with van der Waals surface area (Å²) in [4.78, 5) is 25.1. The Bertz CT molecular complexity index is 292. The summed E-state index contributed by atoms with van der Waals surface area (Å²) < 4.78 is 0. The summed E-state index contributed by atoms with van der Waals surface area (Å²) in [6.07, 6.45) is 0.316. The molecule has 0 aromatic carbocycles. The molecule has 3 N–H and O–H groups in total. The van der Waals surface area contributed by atoms with Gasteiger partial charge in [0.1, 0.15) is 0 Å². The molecule has 0 spiro atoms. The predicted molar refractivity (Wildman–Crippen MR) is 68.0 cm³/mol. The van der Waals surface area contributed by atoms with Crippen molar-refractivity contribution >= 4 is 11.8 Å². The number of hydrogen-bond acceptors (Lipinski definition) is 4. The second-order valence-corrected chi connectivity index (χ2v) is 4.46. The maximum Gasteiger partial charge on any atom is 0.237 e. The predicted octanol–water partition coefficient (Wildman–Crippen LogP) is -0.916. The number of aliphatic hydroxyl groups excluding tert-OH is 1. The molecule has 0 aliphatic carbocycles. The normalized spacial score (nSPS) is 22.8. The highest BCUT2D eigenvalue weighted by atomic mass is 16.3. The summed E-state index contributed by atoms with van der Waals surface area (Å²) >= 11 is 0. The van der Waals surface area contributed by atoms with Crippen molar-refractivity contribution in [3.05, 3.63) is 0 Å². The fourth-order valence-electron chi connectivity index (χ4n) is 2.07. The summed E-state index contributed by atoms with van der Waals surface area (Å²) in [6.45, 7) is 6.06. The van der Waals surface area contributed by atoms with Crippen LogP contribution in [0.3, 0.4) is 0 Å². The van der Waals surface area contributed by atoms with Gasteiger partial charge in [-0.1, -0.05) is 0 Å². The first-order chi connectivity index (χ1) is 8.58. The number of nitrogens with zero attached hydrogens (tertiary/aromatic N) is 1. The zero-order valence-electron chi connectivity index (χ0n) is 11.1. The van der Waals surface area contributed by atoms with Gasteiger partial charge < -0.3 is 20.6 Å². The van der Waals surface area contributed by atoms with Crippen molar-refractivity contribution in [3.8, 4) is 0 Å². The summed E-state index contributed by atoms with van der Waals surface area (Å²) in [6, 6.07) is -0.330. The van der Waals surface area contributed by atoms with Crippen molar-refractivity contribution in [1.82, 2.24) is 15.5 Å². The van der Waals surface area contributed by atoms with Gasteiger partial charge in [0, 0.05) is 32.6 Å². The second-order valence-electron chi connectivity index (χ2n) is 4.46. The Balaban J connectivity index is 2.21. The van der Waals surface area contributed by atoms with Crippen LogP contribution in [-0.4, -0.2) is 60.1 Å². The molecule has 6 heteroatoms. The van der Waals surface area contributed by atoms with Crippen LogP contribution in [0.4, 0.5) is 0 Å². The van der Waals surface area contributed by atoms with Gasteiger partial charge in [-0.25, -0.2) is 0 Å². The van der Waals surface area contributed by atoms with E-state index in [0.29, 0.717) is 39.0 Å². The van der Waals surface area contributed by atoms with E-state index in [1.54, 1.807) is 4.90 Å². The minimum Gasteiger partial charge on any atom is -0.392 e. The smallest absolute Gasteiger partial charge is 0.237 e. The Hall–Kier alpha value is -1.14. The molecule has 6 nitrogen and oxygen atoms in total. The molecule has 0 aromatic rings. The number of aliphatic hydroxyl groups is 1. The lowest BCUT2D eigenvalue weighted by atomic mass is 10.2. The highest BCUT2D eigenvalue weighted by Gasteiger charge is 2.27. The number of β-amino-alcohol motifs (C(OH)–C–C–N with tert-alkyl or cyclic N) is 1. The van der Waals surface area contributed by atoms with Gasteiger partial charge in [0.2, 0.25) is 11.8 Å². The van der Waals surface area contributed by atoms with Crippen molar-refractivity contribution in [2.75, 3.05) is 26.2 Å². The van der Waals surface area contributed by atoms with Gasteiger partial charge >= 0.3 is 0 Å². The van der Waals surface area contributed by atoms with Gasteiger partial charge in [-0.2, -0.15) is 0 Å². The Labute approximate surface area is 108 Å². The van der Waals surface area contributed by atoms with E-state index in [1.807, 2.05) is 13.8 Å². The fraction of sp³-hybridized carbons (Fsp3) is 0.833. The Morgan fingerprint density at radius 2 is 2.06 bits per heavy atom. The summed E-state index contributed by atoms with van der Waals surface area (Å²) in [5, 5.41) is 14.9. The van der Waals surface area contributed by atoms with E-state index in [4.69, 9.17) is 0 Å². The van der Waals surface area contributed by atoms with Crippen LogP contribution in [0.25, 0.3) is 0 Å². The molecule has 1 rings (SSSR count). The molecule has 1 aliphatic rings. The van der Waals surface area contributed by atoms with Gasteiger partial charge in [0.05, 0.1) is 12.1 Å². The number of hydrogen-bond donors (Lipinski definition) is 3. The molecule has 18 heavy (non-hydrogen) atoms. The van der Waals surface area contributed by atoms with Crippen LogP contribution in [0.2, 0.25) is 0 Å². The third-order valence-corrected chi connectivity index (χ3v) is 3.18. The number of carbonyl (C=O) groups excluding carboxylic acids is 2. The first-order valence-electron chi connectivity index (χ1n) is 6.55. The van der Waals surface area contributed by atoms with Gasteiger partial charge in [0.25, 0.3) is 0 Å². The second kappa shape index (κ2) is 7.33. The van der Waals surface area contributed by atoms with Gasteiger partial charge in [-0.05, 0) is 20.3 Å². The van der Waals surface area contributed by atoms with Crippen LogP contribution in [0.1, 0.15) is 26.7 Å². The molecule has 1 aliphatic heterocycles. The zero-order chi connectivity index (χ0) is 13.5. The van der Waals surface area contributed by atoms with Crippen LogP contribution in [0.15, 0.2) is 0 Å². The Morgan fingerprint density at radius 3 is 2.56 bits per heavy atom. The lowest BCUT2D eigenvalue weighted by Gasteiger charge is -2.19. The van der Waals surface area contributed by atoms with E-state index in [1.165, 1.54) is 0 Å². The van der Waals surface area contributed by atoms with Crippen molar-refractivity contribution in [1.29, 1.82) is 0 Å². The molecule has 2 atom stereocenters. The van der Waals surface area contributed by atoms with Crippen molar-refractivity contribution in [3.63, 3.8) is 0 Å². The van der Waals surface area contributed by atoms with Crippen molar-refractivity contribution < 1.29 is 14.7 Å². The summed E-state index contributed by atoms with van der Waals surface area (Å²) in [5.74, 6) is -0.0846. The van der Waals surface area contributed by atoms with Crippen LogP contribution in [0, 0.1) is 0 Å². The number of rotatable bonds is 6. The standard InChI is InChI=1S/C12H23N3O3/c1-3-15(4-2)11(17)5-6-13-12(18)10-7-9(16)8-14-10/h9-10,14,16H,3-8H2,1-2H3,(H,13,18). The van der Waals surface area contributed by atoms with Gasteiger partial charge in [-0.3, -0.25) is 9.59 Å². The molecule has 0 radical (unpaired) electrons. The molecule has 0 aromatic heterocycles. The maximum atomic E-state index is 11.7. The molecular formula is C12H23N3O3. The highest BCUT2D eigenvalue weighted by Crippen LogP contribution is 2.05. The van der Waals surface area contributed by atoms with Crippen LogP contribution >= 0.6 is 0 Å². The molecule has 2 unspecified atom stereocenters. The minimum atomic E-state index is -0.446. The third-order valence-electron chi connectivity index (χ3n) is 3.18. The van der Waals surface area contributed by atoms with Crippen molar-refractivity contribution in [2.45, 2.75) is 38.8 Å². The fourth-order valence-corrected chi connectivity index (χ4v) is 2.07. The van der Waals surface area contributed by atoms with E-state index in [9.17, 15) is 14.7 Å². The molecule has 104 valence electrons. The quantitative estimate of drug-likeness (QED) is 0.575. The van der Waals surface area contributed by atoms with Gasteiger partial charge in [0.15, 0.2) is 0 Å². The summed E-state index contributed by atoms with van der Waals surface area (Å²) in [5.41, 5.74) is 0. The van der Waals surface area contributed by atoms with Crippen LogP contribution in [0.5, 0.6) is 0 Å². The zero-order valence-corrected chi connectivity index (χ0v) is 11.1. The first-order valence-corrected chi connectivity index (χ1v) is 6.55. The lowest BCUT2D eigenvalue weighted by Crippen LogP contribution is -2.42. The number of nitrogens with one attached hydrogen (secondary N) is 2. The topological polar surface area (TPSA) is 81.7 Å². The van der Waals surface area contributed by atoms with E-state index >= 15 is 0 Å². The lowest BCUT2D eigenvalue weighted by molar-refractivity contribution is -0.130. The van der Waals surface area contributed by atoms with Crippen LogP contribution in [-0.2, 0) is 9.59 Å². The third kappa shape index (κ3) is 4.27. The largest absolute Gasteiger partial charge is 0.392 e. The Kier molecular flexibility index (Phi) is 6.07. The molecular weight excluding hydrogens is 234 g/mol. The molecule has 1 heterocycles. The molecule has 0 saturated carbocycles. The monoisotopic (exact) mass is 257 g/mol. The van der Waals surface area contributed by atoms with Gasteiger partial charge in [-0.15, -0.1) is 0 Å². The first kappa shape index (κ1) is 14.9. The van der Waals surface area contributed by atoms with Crippen molar-refractivity contribution in [2.24, 2.45) is 0 Å². The van der Waals surface area contributed by atoms with E-state index in [0.717, 1.165) is 0 Å².